The molecule has 0 unspecified atom stereocenters. The number of hydrogen-bond donors (Lipinski definition) is 2. The third kappa shape index (κ3) is 4.50. The zero-order chi connectivity index (χ0) is 20.7. The van der Waals surface area contributed by atoms with E-state index in [0.29, 0.717) is 12.2 Å². The Labute approximate surface area is 168 Å². The minimum absolute atomic E-state index is 0.146. The number of nitrogens with zero attached hydrogens (tertiary/aromatic N) is 2. The van der Waals surface area contributed by atoms with Crippen molar-refractivity contribution in [3.05, 3.63) is 29.8 Å². The predicted molar refractivity (Wildman–Crippen MR) is 107 cm³/mol. The van der Waals surface area contributed by atoms with Gasteiger partial charge in [-0.3, -0.25) is 4.79 Å². The average molecular weight is 425 g/mol. The fraction of sp³-hybridized carbons (Fsp3) is 0.500. The molecular formula is C18H24N4O4S2. The second-order valence-electron chi connectivity index (χ2n) is 8.35. The van der Waals surface area contributed by atoms with Gasteiger partial charge in [-0.15, -0.1) is 10.2 Å². The number of ether oxygens (including phenoxy) is 1. The van der Waals surface area contributed by atoms with Crippen molar-refractivity contribution in [2.45, 2.75) is 57.0 Å². The van der Waals surface area contributed by atoms with Crippen molar-refractivity contribution in [1.29, 1.82) is 0 Å². The van der Waals surface area contributed by atoms with Gasteiger partial charge in [0.1, 0.15) is 11.4 Å². The van der Waals surface area contributed by atoms with Gasteiger partial charge in [0.25, 0.3) is 10.0 Å². The molecule has 0 radical (unpaired) electrons. The van der Waals surface area contributed by atoms with Crippen molar-refractivity contribution in [2.75, 3.05) is 5.32 Å². The van der Waals surface area contributed by atoms with Crippen molar-refractivity contribution < 1.29 is 17.9 Å². The molecule has 0 aliphatic carbocycles. The summed E-state index contributed by atoms with van der Waals surface area (Å²) < 4.78 is 34.2. The smallest absolute Gasteiger partial charge is 0.270 e. The Bertz CT molecular complexity index is 993. The Morgan fingerprint density at radius 3 is 2.61 bits per heavy atom. The van der Waals surface area contributed by atoms with Crippen LogP contribution in [0, 0.1) is 5.41 Å². The molecule has 0 spiro atoms. The van der Waals surface area contributed by atoms with Crippen LogP contribution in [0.5, 0.6) is 5.75 Å². The number of rotatable bonds is 4. The largest absolute Gasteiger partial charge is 0.487 e. The Morgan fingerprint density at radius 2 is 1.93 bits per heavy atom. The lowest BCUT2D eigenvalue weighted by Gasteiger charge is -2.37. The number of aromatic nitrogens is 2. The molecule has 2 heterocycles. The normalized spacial score (nSPS) is 18.8. The summed E-state index contributed by atoms with van der Waals surface area (Å²) >= 11 is 0.818. The van der Waals surface area contributed by atoms with Gasteiger partial charge in [0.15, 0.2) is 0 Å². The van der Waals surface area contributed by atoms with Crippen LogP contribution in [0.1, 0.15) is 52.6 Å². The first-order chi connectivity index (χ1) is 12.9. The number of benzene rings is 1. The highest BCUT2D eigenvalue weighted by atomic mass is 32.2. The average Bonchev–Trinajstić information content (AvgIpc) is 3.02. The van der Waals surface area contributed by atoms with E-state index in [1.54, 1.807) is 20.8 Å². The van der Waals surface area contributed by atoms with Crippen LogP contribution < -0.4 is 14.8 Å². The third-order valence-corrected chi connectivity index (χ3v) is 6.89. The molecule has 2 N–H and O–H groups in total. The first-order valence-corrected chi connectivity index (χ1v) is 11.1. The van der Waals surface area contributed by atoms with Gasteiger partial charge >= 0.3 is 0 Å². The lowest BCUT2D eigenvalue weighted by Crippen LogP contribution is -2.41. The zero-order valence-electron chi connectivity index (χ0n) is 16.4. The number of carbonyl (C=O) groups excluding carboxylic acids is 1. The lowest BCUT2D eigenvalue weighted by atomic mass is 9.90. The fourth-order valence-electron chi connectivity index (χ4n) is 2.80. The molecule has 1 atom stereocenters. The van der Waals surface area contributed by atoms with Crippen LogP contribution in [0.2, 0.25) is 0 Å². The number of anilines is 1. The number of carbonyl (C=O) groups is 1. The first-order valence-electron chi connectivity index (χ1n) is 8.83. The van der Waals surface area contributed by atoms with Gasteiger partial charge in [-0.05, 0) is 19.9 Å². The maximum absolute atomic E-state index is 12.9. The van der Waals surface area contributed by atoms with Crippen LogP contribution in [0.3, 0.4) is 0 Å². The quantitative estimate of drug-likeness (QED) is 0.730. The minimum atomic E-state index is -3.92. The highest BCUT2D eigenvalue weighted by molar-refractivity contribution is 7.91. The molecule has 3 rings (SSSR count). The van der Waals surface area contributed by atoms with Crippen molar-refractivity contribution in [2.24, 2.45) is 5.41 Å². The summed E-state index contributed by atoms with van der Waals surface area (Å²) in [6, 6.07) is 6.89. The summed E-state index contributed by atoms with van der Waals surface area (Å²) in [5, 5.41) is 10.3. The number of fused-ring (bicyclic) bond motifs is 1. The standard InChI is InChI=1S/C18H24N4O4S2/c1-17(2,3)14(23)19-15-20-21-16(27-15)28(24,25)22-12-10-18(4,5)26-13-9-7-6-8-11(12)13/h6-9,12,22H,10H2,1-5H3,(H,19,20,23)/t12-/m0/s1. The minimum Gasteiger partial charge on any atom is -0.487 e. The number of para-hydroxylation sites is 1. The van der Waals surface area contributed by atoms with E-state index >= 15 is 0 Å². The van der Waals surface area contributed by atoms with Gasteiger partial charge < -0.3 is 10.1 Å². The molecule has 1 aromatic heterocycles. The number of hydrogen-bond acceptors (Lipinski definition) is 7. The van der Waals surface area contributed by atoms with Gasteiger partial charge in [0.05, 0.1) is 6.04 Å². The van der Waals surface area contributed by atoms with Gasteiger partial charge in [-0.25, -0.2) is 13.1 Å². The summed E-state index contributed by atoms with van der Waals surface area (Å²) in [7, 11) is -3.92. The Hall–Kier alpha value is -2.04. The first kappa shape index (κ1) is 20.7. The molecule has 2 aromatic rings. The van der Waals surface area contributed by atoms with E-state index in [1.165, 1.54) is 0 Å². The van der Waals surface area contributed by atoms with Crippen molar-refractivity contribution in [1.82, 2.24) is 14.9 Å². The van der Waals surface area contributed by atoms with E-state index in [9.17, 15) is 13.2 Å². The van der Waals surface area contributed by atoms with E-state index < -0.39 is 27.1 Å². The molecular weight excluding hydrogens is 400 g/mol. The lowest BCUT2D eigenvalue weighted by molar-refractivity contribution is -0.123. The molecule has 1 aliphatic rings. The molecule has 1 amide bonds. The molecule has 10 heteroatoms. The fourth-order valence-corrected chi connectivity index (χ4v) is 4.92. The molecule has 152 valence electrons. The van der Waals surface area contributed by atoms with Crippen molar-refractivity contribution in [3.63, 3.8) is 0 Å². The predicted octanol–water partition coefficient (Wildman–Crippen LogP) is 3.10. The Morgan fingerprint density at radius 1 is 1.25 bits per heavy atom. The second-order valence-corrected chi connectivity index (χ2v) is 11.2. The molecule has 8 nitrogen and oxygen atoms in total. The van der Waals surface area contributed by atoms with Gasteiger partial charge in [0.2, 0.25) is 15.4 Å². The van der Waals surface area contributed by atoms with E-state index in [1.807, 2.05) is 38.1 Å². The van der Waals surface area contributed by atoms with E-state index in [0.717, 1.165) is 16.9 Å². The second kappa shape index (κ2) is 7.09. The number of amides is 1. The summed E-state index contributed by atoms with van der Waals surface area (Å²) in [5.41, 5.74) is -0.370. The maximum Gasteiger partial charge on any atom is 0.270 e. The zero-order valence-corrected chi connectivity index (χ0v) is 18.1. The van der Waals surface area contributed by atoms with E-state index in [-0.39, 0.29) is 15.4 Å². The monoisotopic (exact) mass is 424 g/mol. The maximum atomic E-state index is 12.9. The molecule has 0 saturated carbocycles. The summed E-state index contributed by atoms with van der Waals surface area (Å²) in [4.78, 5) is 12.1. The van der Waals surface area contributed by atoms with Crippen molar-refractivity contribution in [3.8, 4) is 5.75 Å². The van der Waals surface area contributed by atoms with E-state index in [4.69, 9.17) is 4.74 Å². The van der Waals surface area contributed by atoms with E-state index in [2.05, 4.69) is 20.2 Å². The van der Waals surface area contributed by atoms with Crippen LogP contribution in [-0.2, 0) is 14.8 Å². The van der Waals surface area contributed by atoms with Crippen LogP contribution in [-0.4, -0.2) is 30.1 Å². The summed E-state index contributed by atoms with van der Waals surface area (Å²) in [5.74, 6) is 0.391. The highest BCUT2D eigenvalue weighted by Gasteiger charge is 2.37. The Kier molecular flexibility index (Phi) is 5.24. The Balaban J connectivity index is 1.82. The molecule has 0 bridgehead atoms. The van der Waals surface area contributed by atoms with Gasteiger partial charge in [-0.2, -0.15) is 0 Å². The molecule has 0 saturated heterocycles. The summed E-state index contributed by atoms with van der Waals surface area (Å²) in [6.45, 7) is 9.09. The molecule has 1 aliphatic heterocycles. The van der Waals surface area contributed by atoms with Gasteiger partial charge in [-0.1, -0.05) is 50.3 Å². The van der Waals surface area contributed by atoms with Crippen molar-refractivity contribution >= 4 is 32.4 Å². The number of sulfonamides is 1. The molecule has 1 aromatic carbocycles. The topological polar surface area (TPSA) is 110 Å². The van der Waals surface area contributed by atoms with Crippen LogP contribution in [0.15, 0.2) is 28.6 Å². The SMILES string of the molecule is CC1(C)C[C@H](NS(=O)(=O)c2nnc(NC(=O)C(C)(C)C)s2)c2ccccc2O1. The van der Waals surface area contributed by atoms with Crippen LogP contribution in [0.4, 0.5) is 5.13 Å². The van der Waals surface area contributed by atoms with Crippen LogP contribution >= 0.6 is 11.3 Å². The third-order valence-electron chi connectivity index (χ3n) is 4.21. The number of nitrogens with one attached hydrogen (secondary N) is 2. The van der Waals surface area contributed by atoms with Gasteiger partial charge in [0, 0.05) is 17.4 Å². The molecule has 28 heavy (non-hydrogen) atoms. The summed E-state index contributed by atoms with van der Waals surface area (Å²) in [6.07, 6.45) is 0.468. The highest BCUT2D eigenvalue weighted by Crippen LogP contribution is 2.40. The molecule has 0 fully saturated rings. The van der Waals surface area contributed by atoms with Crippen LogP contribution in [0.25, 0.3) is 0 Å².